The number of rotatable bonds is 3. The molecule has 1 aromatic carbocycles. The van der Waals surface area contributed by atoms with E-state index in [-0.39, 0.29) is 0 Å². The average molecular weight is 229 g/mol. The molecule has 80 valence electrons. The van der Waals surface area contributed by atoms with Crippen molar-refractivity contribution >= 4 is 27.1 Å². The average Bonchev–Trinajstić information content (AvgIpc) is 2.97. The molecule has 3 aromatic rings. The van der Waals surface area contributed by atoms with Crippen LogP contribution in [0.15, 0.2) is 52.7 Å². The largest absolute Gasteiger partial charge is 0.472 e. The van der Waals surface area contributed by atoms with Crippen LogP contribution in [0, 0.1) is 0 Å². The molecule has 16 heavy (non-hydrogen) atoms. The van der Waals surface area contributed by atoms with E-state index in [1.807, 2.05) is 6.07 Å². The predicted octanol–water partition coefficient (Wildman–Crippen LogP) is 4.11. The van der Waals surface area contributed by atoms with Gasteiger partial charge in [-0.05, 0) is 29.0 Å². The van der Waals surface area contributed by atoms with Gasteiger partial charge in [0.15, 0.2) is 0 Å². The van der Waals surface area contributed by atoms with Gasteiger partial charge in [-0.25, -0.2) is 0 Å². The van der Waals surface area contributed by atoms with Crippen molar-refractivity contribution in [2.45, 2.75) is 6.54 Å². The highest BCUT2D eigenvalue weighted by Gasteiger charge is 2.01. The van der Waals surface area contributed by atoms with E-state index in [0.29, 0.717) is 0 Å². The Balaban J connectivity index is 1.86. The molecule has 0 bridgehead atoms. The van der Waals surface area contributed by atoms with Crippen LogP contribution in [0.5, 0.6) is 0 Å². The summed E-state index contributed by atoms with van der Waals surface area (Å²) >= 11 is 1.77. The molecule has 0 spiro atoms. The van der Waals surface area contributed by atoms with E-state index in [0.717, 1.165) is 12.1 Å². The second-order valence-corrected chi connectivity index (χ2v) is 4.55. The fourth-order valence-electron chi connectivity index (χ4n) is 1.72. The summed E-state index contributed by atoms with van der Waals surface area (Å²) in [5.74, 6) is 0. The molecule has 2 heterocycles. The van der Waals surface area contributed by atoms with Crippen molar-refractivity contribution in [1.29, 1.82) is 0 Å². The second kappa shape index (κ2) is 4.02. The highest BCUT2D eigenvalue weighted by atomic mass is 32.1. The molecule has 0 fully saturated rings. The lowest BCUT2D eigenvalue weighted by Crippen LogP contribution is -1.97. The predicted molar refractivity (Wildman–Crippen MR) is 67.9 cm³/mol. The van der Waals surface area contributed by atoms with Crippen LogP contribution >= 0.6 is 11.3 Å². The zero-order chi connectivity index (χ0) is 10.8. The second-order valence-electron chi connectivity index (χ2n) is 3.63. The van der Waals surface area contributed by atoms with Crippen molar-refractivity contribution in [1.82, 2.24) is 0 Å². The molecule has 2 nitrogen and oxygen atoms in total. The summed E-state index contributed by atoms with van der Waals surface area (Å²) in [5.41, 5.74) is 2.35. The Morgan fingerprint density at radius 3 is 3.06 bits per heavy atom. The van der Waals surface area contributed by atoms with Gasteiger partial charge in [0.1, 0.15) is 0 Å². The number of hydrogen-bond acceptors (Lipinski definition) is 3. The van der Waals surface area contributed by atoms with Gasteiger partial charge in [-0.15, -0.1) is 11.3 Å². The number of thiophene rings is 1. The van der Waals surface area contributed by atoms with Crippen molar-refractivity contribution in [2.75, 3.05) is 5.32 Å². The lowest BCUT2D eigenvalue weighted by molar-refractivity contribution is 0.564. The SMILES string of the molecule is c1cc(NCc2ccoc2)c2sccc2c1. The van der Waals surface area contributed by atoms with Crippen LogP contribution < -0.4 is 5.32 Å². The maximum absolute atomic E-state index is 5.04. The third kappa shape index (κ3) is 1.70. The van der Waals surface area contributed by atoms with Gasteiger partial charge in [0.25, 0.3) is 0 Å². The van der Waals surface area contributed by atoms with Crippen molar-refractivity contribution in [2.24, 2.45) is 0 Å². The quantitative estimate of drug-likeness (QED) is 0.731. The molecule has 3 heteroatoms. The molecule has 0 unspecified atom stereocenters. The molecule has 0 aliphatic carbocycles. The molecule has 0 saturated carbocycles. The number of fused-ring (bicyclic) bond motifs is 1. The lowest BCUT2D eigenvalue weighted by Gasteiger charge is -2.05. The summed E-state index contributed by atoms with van der Waals surface area (Å²) in [4.78, 5) is 0. The minimum atomic E-state index is 0.799. The van der Waals surface area contributed by atoms with Crippen LogP contribution in [-0.4, -0.2) is 0 Å². The monoisotopic (exact) mass is 229 g/mol. The number of anilines is 1. The van der Waals surface area contributed by atoms with Gasteiger partial charge in [-0.1, -0.05) is 12.1 Å². The molecular formula is C13H11NOS. The molecule has 1 N–H and O–H groups in total. The summed E-state index contributed by atoms with van der Waals surface area (Å²) < 4.78 is 6.35. The Morgan fingerprint density at radius 1 is 1.19 bits per heavy atom. The van der Waals surface area contributed by atoms with Crippen molar-refractivity contribution < 1.29 is 4.42 Å². The maximum Gasteiger partial charge on any atom is 0.0952 e. The number of furan rings is 1. The van der Waals surface area contributed by atoms with Crippen LogP contribution in [0.2, 0.25) is 0 Å². The zero-order valence-corrected chi connectivity index (χ0v) is 9.46. The Labute approximate surface area is 97.5 Å². The van der Waals surface area contributed by atoms with E-state index < -0.39 is 0 Å². The smallest absolute Gasteiger partial charge is 0.0952 e. The first-order chi connectivity index (χ1) is 7.93. The van der Waals surface area contributed by atoms with Gasteiger partial charge in [-0.2, -0.15) is 0 Å². The topological polar surface area (TPSA) is 25.2 Å². The van der Waals surface area contributed by atoms with E-state index in [1.165, 1.54) is 15.8 Å². The molecule has 0 aliphatic rings. The molecule has 0 saturated heterocycles. The van der Waals surface area contributed by atoms with Crippen molar-refractivity contribution in [3.63, 3.8) is 0 Å². The first-order valence-electron chi connectivity index (χ1n) is 5.15. The standard InChI is InChI=1S/C13H11NOS/c1-2-11-5-7-16-13(11)12(3-1)14-8-10-4-6-15-9-10/h1-7,9,14H,8H2. The molecule has 3 rings (SSSR count). The van der Waals surface area contributed by atoms with Gasteiger partial charge in [0.05, 0.1) is 22.9 Å². The summed E-state index contributed by atoms with van der Waals surface area (Å²) in [6, 6.07) is 10.4. The third-order valence-electron chi connectivity index (χ3n) is 2.54. The molecule has 0 atom stereocenters. The van der Waals surface area contributed by atoms with Gasteiger partial charge >= 0.3 is 0 Å². The van der Waals surface area contributed by atoms with Gasteiger partial charge < -0.3 is 9.73 Å². The normalized spacial score (nSPS) is 10.8. The number of hydrogen-bond donors (Lipinski definition) is 1. The summed E-state index contributed by atoms with van der Waals surface area (Å²) in [6.07, 6.45) is 3.46. The van der Waals surface area contributed by atoms with Crippen molar-refractivity contribution in [3.8, 4) is 0 Å². The molecule has 2 aromatic heterocycles. The molecule has 0 radical (unpaired) electrons. The number of benzene rings is 1. The van der Waals surface area contributed by atoms with E-state index in [2.05, 4.69) is 35.0 Å². The minimum Gasteiger partial charge on any atom is -0.472 e. The Morgan fingerprint density at radius 2 is 2.19 bits per heavy atom. The highest BCUT2D eigenvalue weighted by molar-refractivity contribution is 7.17. The Bertz CT molecular complexity index is 583. The van der Waals surface area contributed by atoms with Crippen LogP contribution in [-0.2, 0) is 6.54 Å². The first kappa shape index (κ1) is 9.48. The summed E-state index contributed by atoms with van der Waals surface area (Å²) in [6.45, 7) is 0.799. The van der Waals surface area contributed by atoms with Crippen LogP contribution in [0.25, 0.3) is 10.1 Å². The fraction of sp³-hybridized carbons (Fsp3) is 0.0769. The van der Waals surface area contributed by atoms with Gasteiger partial charge in [-0.3, -0.25) is 0 Å². The van der Waals surface area contributed by atoms with Gasteiger partial charge in [0, 0.05) is 12.1 Å². The molecule has 0 amide bonds. The van der Waals surface area contributed by atoms with Crippen molar-refractivity contribution in [3.05, 3.63) is 53.8 Å². The van der Waals surface area contributed by atoms with Crippen LogP contribution in [0.4, 0.5) is 5.69 Å². The minimum absolute atomic E-state index is 0.799. The van der Waals surface area contributed by atoms with E-state index >= 15 is 0 Å². The maximum atomic E-state index is 5.04. The molecule has 0 aliphatic heterocycles. The third-order valence-corrected chi connectivity index (χ3v) is 3.51. The van der Waals surface area contributed by atoms with E-state index in [4.69, 9.17) is 4.42 Å². The van der Waals surface area contributed by atoms with Crippen LogP contribution in [0.1, 0.15) is 5.56 Å². The van der Waals surface area contributed by atoms with Crippen LogP contribution in [0.3, 0.4) is 0 Å². The number of nitrogens with one attached hydrogen (secondary N) is 1. The van der Waals surface area contributed by atoms with E-state index in [1.54, 1.807) is 23.9 Å². The van der Waals surface area contributed by atoms with E-state index in [9.17, 15) is 0 Å². The summed E-state index contributed by atoms with van der Waals surface area (Å²) in [7, 11) is 0. The summed E-state index contributed by atoms with van der Waals surface area (Å²) in [5, 5.41) is 6.84. The Kier molecular flexibility index (Phi) is 2.38. The lowest BCUT2D eigenvalue weighted by atomic mass is 10.2. The zero-order valence-electron chi connectivity index (χ0n) is 8.64. The fourth-order valence-corrected chi connectivity index (χ4v) is 2.61. The van der Waals surface area contributed by atoms with Gasteiger partial charge in [0.2, 0.25) is 0 Å². The highest BCUT2D eigenvalue weighted by Crippen LogP contribution is 2.28. The Hall–Kier alpha value is -1.74. The molecular weight excluding hydrogens is 218 g/mol. The first-order valence-corrected chi connectivity index (χ1v) is 6.02.